The van der Waals surface area contributed by atoms with Crippen molar-refractivity contribution in [3.05, 3.63) is 53.7 Å². The van der Waals surface area contributed by atoms with Gasteiger partial charge in [0.05, 0.1) is 6.61 Å². The molecule has 1 N–H and O–H groups in total. The summed E-state index contributed by atoms with van der Waals surface area (Å²) in [6, 6.07) is 12.0. The molecule has 5 nitrogen and oxygen atoms in total. The van der Waals surface area contributed by atoms with Crippen LogP contribution < -0.4 is 10.1 Å². The molecule has 0 bridgehead atoms. The Labute approximate surface area is 123 Å². The van der Waals surface area contributed by atoms with Crippen LogP contribution in [-0.2, 0) is 6.54 Å². The quantitative estimate of drug-likeness (QED) is 0.781. The molecule has 3 rings (SSSR count). The number of aryl methyl sites for hydroxylation is 1. The molecule has 0 atom stereocenters. The number of anilines is 1. The molecule has 0 amide bonds. The number of fused-ring (bicyclic) bond motifs is 1. The molecule has 0 aliphatic carbocycles. The van der Waals surface area contributed by atoms with E-state index in [4.69, 9.17) is 4.74 Å². The lowest BCUT2D eigenvalue weighted by Gasteiger charge is -2.06. The van der Waals surface area contributed by atoms with Crippen LogP contribution in [0.25, 0.3) is 5.65 Å². The highest BCUT2D eigenvalue weighted by Crippen LogP contribution is 2.15. The third-order valence-corrected chi connectivity index (χ3v) is 3.22. The van der Waals surface area contributed by atoms with E-state index in [1.54, 1.807) is 4.52 Å². The minimum Gasteiger partial charge on any atom is -0.494 e. The van der Waals surface area contributed by atoms with Gasteiger partial charge in [-0.25, -0.2) is 4.52 Å². The summed E-state index contributed by atoms with van der Waals surface area (Å²) in [5, 5.41) is 7.66. The molecule has 0 radical (unpaired) electrons. The average molecular weight is 282 g/mol. The first-order chi connectivity index (χ1) is 10.3. The number of nitrogens with zero attached hydrogens (tertiary/aromatic N) is 3. The van der Waals surface area contributed by atoms with Crippen molar-refractivity contribution >= 4 is 11.6 Å². The van der Waals surface area contributed by atoms with Crippen LogP contribution in [0.5, 0.6) is 5.75 Å². The SMILES string of the molecule is CCOc1cccc(CNc2nc3c(C)cccn3n2)c1. The Kier molecular flexibility index (Phi) is 3.73. The molecular weight excluding hydrogens is 264 g/mol. The number of nitrogens with one attached hydrogen (secondary N) is 1. The number of ether oxygens (including phenoxy) is 1. The Hall–Kier alpha value is -2.56. The fourth-order valence-corrected chi connectivity index (χ4v) is 2.21. The lowest BCUT2D eigenvalue weighted by Crippen LogP contribution is -2.02. The topological polar surface area (TPSA) is 51.5 Å². The second-order valence-corrected chi connectivity index (χ2v) is 4.83. The summed E-state index contributed by atoms with van der Waals surface area (Å²) < 4.78 is 7.29. The summed E-state index contributed by atoms with van der Waals surface area (Å²) in [5.41, 5.74) is 3.12. The highest BCUT2D eigenvalue weighted by Gasteiger charge is 2.05. The van der Waals surface area contributed by atoms with Crippen LogP contribution in [0.4, 0.5) is 5.95 Å². The molecule has 2 heterocycles. The molecule has 0 aliphatic heterocycles. The summed E-state index contributed by atoms with van der Waals surface area (Å²) in [6.45, 7) is 5.34. The van der Waals surface area contributed by atoms with Gasteiger partial charge in [-0.1, -0.05) is 18.2 Å². The van der Waals surface area contributed by atoms with Crippen LogP contribution in [0.3, 0.4) is 0 Å². The van der Waals surface area contributed by atoms with Gasteiger partial charge in [0.15, 0.2) is 5.65 Å². The molecule has 5 heteroatoms. The van der Waals surface area contributed by atoms with Crippen molar-refractivity contribution in [2.45, 2.75) is 20.4 Å². The minimum absolute atomic E-state index is 0.631. The molecule has 0 spiro atoms. The van der Waals surface area contributed by atoms with Gasteiger partial charge in [-0.3, -0.25) is 0 Å². The van der Waals surface area contributed by atoms with Crippen LogP contribution in [0, 0.1) is 6.92 Å². The van der Waals surface area contributed by atoms with E-state index in [1.165, 1.54) is 0 Å². The normalized spacial score (nSPS) is 10.8. The van der Waals surface area contributed by atoms with Crippen LogP contribution >= 0.6 is 0 Å². The van der Waals surface area contributed by atoms with E-state index < -0.39 is 0 Å². The molecular formula is C16H18N4O. The van der Waals surface area contributed by atoms with Gasteiger partial charge in [-0.05, 0) is 43.2 Å². The molecule has 108 valence electrons. The largest absolute Gasteiger partial charge is 0.494 e. The predicted molar refractivity (Wildman–Crippen MR) is 82.7 cm³/mol. The minimum atomic E-state index is 0.631. The summed E-state index contributed by atoms with van der Waals surface area (Å²) in [6.07, 6.45) is 1.90. The van der Waals surface area contributed by atoms with Crippen LogP contribution in [0.1, 0.15) is 18.1 Å². The Morgan fingerprint density at radius 1 is 1.24 bits per heavy atom. The van der Waals surface area contributed by atoms with Gasteiger partial charge >= 0.3 is 0 Å². The van der Waals surface area contributed by atoms with Crippen LogP contribution in [-0.4, -0.2) is 21.2 Å². The van der Waals surface area contributed by atoms with E-state index in [-0.39, 0.29) is 0 Å². The van der Waals surface area contributed by atoms with Crippen LogP contribution in [0.2, 0.25) is 0 Å². The van der Waals surface area contributed by atoms with Gasteiger partial charge < -0.3 is 10.1 Å². The Balaban J connectivity index is 1.74. The Bertz CT molecular complexity index is 751. The van der Waals surface area contributed by atoms with Crippen molar-refractivity contribution in [3.8, 4) is 5.75 Å². The number of aromatic nitrogens is 3. The maximum absolute atomic E-state index is 5.50. The van der Waals surface area contributed by atoms with E-state index in [0.717, 1.165) is 22.5 Å². The van der Waals surface area contributed by atoms with E-state index in [0.29, 0.717) is 19.1 Å². The molecule has 0 aliphatic rings. The molecule has 21 heavy (non-hydrogen) atoms. The smallest absolute Gasteiger partial charge is 0.243 e. The molecule has 0 unspecified atom stereocenters. The molecule has 2 aromatic heterocycles. The third kappa shape index (κ3) is 2.97. The highest BCUT2D eigenvalue weighted by molar-refractivity contribution is 5.49. The first-order valence-corrected chi connectivity index (χ1v) is 7.04. The van der Waals surface area contributed by atoms with Crippen molar-refractivity contribution in [3.63, 3.8) is 0 Å². The lowest BCUT2D eigenvalue weighted by molar-refractivity contribution is 0.340. The van der Waals surface area contributed by atoms with Crippen molar-refractivity contribution < 1.29 is 4.74 Å². The average Bonchev–Trinajstić information content (AvgIpc) is 2.91. The van der Waals surface area contributed by atoms with Crippen molar-refractivity contribution in [2.75, 3.05) is 11.9 Å². The van der Waals surface area contributed by atoms with Crippen LogP contribution in [0.15, 0.2) is 42.6 Å². The zero-order valence-corrected chi connectivity index (χ0v) is 12.2. The third-order valence-electron chi connectivity index (χ3n) is 3.22. The Morgan fingerprint density at radius 2 is 2.14 bits per heavy atom. The maximum atomic E-state index is 5.50. The standard InChI is InChI=1S/C16H18N4O/c1-3-21-14-8-4-7-13(10-14)11-17-16-18-15-12(2)6-5-9-20(15)19-16/h4-10H,3,11H2,1-2H3,(H,17,19). The lowest BCUT2D eigenvalue weighted by atomic mass is 10.2. The van der Waals surface area contributed by atoms with Gasteiger partial charge in [0.2, 0.25) is 5.95 Å². The first kappa shape index (κ1) is 13.4. The number of hydrogen-bond donors (Lipinski definition) is 1. The molecule has 1 aromatic carbocycles. The number of rotatable bonds is 5. The maximum Gasteiger partial charge on any atom is 0.243 e. The molecule has 0 fully saturated rings. The van der Waals surface area contributed by atoms with Crippen molar-refractivity contribution in [1.82, 2.24) is 14.6 Å². The van der Waals surface area contributed by atoms with E-state index in [1.807, 2.05) is 50.4 Å². The first-order valence-electron chi connectivity index (χ1n) is 7.04. The fourth-order valence-electron chi connectivity index (χ4n) is 2.21. The zero-order chi connectivity index (χ0) is 14.7. The van der Waals surface area contributed by atoms with Crippen molar-refractivity contribution in [1.29, 1.82) is 0 Å². The van der Waals surface area contributed by atoms with E-state index >= 15 is 0 Å². The molecule has 3 aromatic rings. The van der Waals surface area contributed by atoms with Gasteiger partial charge in [-0.15, -0.1) is 5.10 Å². The second-order valence-electron chi connectivity index (χ2n) is 4.83. The number of hydrogen-bond acceptors (Lipinski definition) is 4. The highest BCUT2D eigenvalue weighted by atomic mass is 16.5. The summed E-state index contributed by atoms with van der Waals surface area (Å²) in [7, 11) is 0. The van der Waals surface area contributed by atoms with Gasteiger partial charge in [0.25, 0.3) is 0 Å². The monoisotopic (exact) mass is 282 g/mol. The summed E-state index contributed by atoms with van der Waals surface area (Å²) >= 11 is 0. The summed E-state index contributed by atoms with van der Waals surface area (Å²) in [4.78, 5) is 4.50. The van der Waals surface area contributed by atoms with Gasteiger partial charge in [0, 0.05) is 12.7 Å². The molecule has 0 saturated heterocycles. The number of benzene rings is 1. The summed E-state index contributed by atoms with van der Waals surface area (Å²) in [5.74, 6) is 1.52. The van der Waals surface area contributed by atoms with Gasteiger partial charge in [0.1, 0.15) is 5.75 Å². The van der Waals surface area contributed by atoms with E-state index in [9.17, 15) is 0 Å². The Morgan fingerprint density at radius 3 is 2.95 bits per heavy atom. The van der Waals surface area contributed by atoms with Gasteiger partial charge in [-0.2, -0.15) is 4.98 Å². The zero-order valence-electron chi connectivity index (χ0n) is 12.2. The fraction of sp³-hybridized carbons (Fsp3) is 0.250. The predicted octanol–water partition coefficient (Wildman–Crippen LogP) is 3.05. The van der Waals surface area contributed by atoms with E-state index in [2.05, 4.69) is 21.5 Å². The number of pyridine rings is 1. The molecule has 0 saturated carbocycles. The second kappa shape index (κ2) is 5.83. The van der Waals surface area contributed by atoms with Crippen molar-refractivity contribution in [2.24, 2.45) is 0 Å².